The smallest absolute Gasteiger partial charge is 0.161 e. The van der Waals surface area contributed by atoms with Crippen LogP contribution in [0.2, 0.25) is 0 Å². The fraction of sp³-hybridized carbons (Fsp3) is 0.667. The molecule has 130 valence electrons. The largest absolute Gasteiger partial charge is 0.493 e. The van der Waals surface area contributed by atoms with Gasteiger partial charge in [0.25, 0.3) is 0 Å². The lowest BCUT2D eigenvalue weighted by molar-refractivity contribution is 0.00373. The van der Waals surface area contributed by atoms with E-state index in [0.717, 1.165) is 24.6 Å². The molecule has 23 heavy (non-hydrogen) atoms. The van der Waals surface area contributed by atoms with Gasteiger partial charge >= 0.3 is 0 Å². The Balaban J connectivity index is 1.73. The summed E-state index contributed by atoms with van der Waals surface area (Å²) in [6.45, 7) is 5.92. The quantitative estimate of drug-likeness (QED) is 0.796. The summed E-state index contributed by atoms with van der Waals surface area (Å²) in [5.74, 6) is 2.12. The number of rotatable bonds is 8. The van der Waals surface area contributed by atoms with Gasteiger partial charge in [-0.15, -0.1) is 0 Å². The zero-order valence-corrected chi connectivity index (χ0v) is 14.5. The van der Waals surface area contributed by atoms with Crippen LogP contribution in [0.3, 0.4) is 0 Å². The molecule has 5 nitrogen and oxygen atoms in total. The van der Waals surface area contributed by atoms with Crippen LogP contribution < -0.4 is 9.47 Å². The van der Waals surface area contributed by atoms with E-state index in [1.807, 2.05) is 18.2 Å². The van der Waals surface area contributed by atoms with Gasteiger partial charge < -0.3 is 24.2 Å². The molecule has 0 unspecified atom stereocenters. The number of benzene rings is 1. The van der Waals surface area contributed by atoms with Crippen molar-refractivity contribution in [3.05, 3.63) is 23.8 Å². The standard InChI is InChI=1S/C18H29NO4/c1-14-5-4-8-19(10-14)11-16(20)13-23-12-15-6-7-17(21-2)18(9-15)22-3/h6-7,9,14,16,20H,4-5,8,10-13H2,1-3H3/t14-,16-/m1/s1. The molecule has 0 radical (unpaired) electrons. The van der Waals surface area contributed by atoms with Crippen molar-refractivity contribution in [2.75, 3.05) is 40.5 Å². The number of ether oxygens (including phenoxy) is 3. The summed E-state index contributed by atoms with van der Waals surface area (Å²) in [5, 5.41) is 10.1. The highest BCUT2D eigenvalue weighted by Gasteiger charge is 2.18. The van der Waals surface area contributed by atoms with Crippen molar-refractivity contribution < 1.29 is 19.3 Å². The van der Waals surface area contributed by atoms with E-state index < -0.39 is 6.10 Å². The van der Waals surface area contributed by atoms with E-state index in [0.29, 0.717) is 31.3 Å². The van der Waals surface area contributed by atoms with Crippen LogP contribution in [0.1, 0.15) is 25.3 Å². The summed E-state index contributed by atoms with van der Waals surface area (Å²) < 4.78 is 16.1. The van der Waals surface area contributed by atoms with E-state index in [2.05, 4.69) is 11.8 Å². The van der Waals surface area contributed by atoms with Gasteiger partial charge in [-0.1, -0.05) is 13.0 Å². The Morgan fingerprint density at radius 1 is 1.26 bits per heavy atom. The van der Waals surface area contributed by atoms with E-state index in [4.69, 9.17) is 14.2 Å². The van der Waals surface area contributed by atoms with Crippen LogP contribution in [0.25, 0.3) is 0 Å². The zero-order chi connectivity index (χ0) is 16.7. The Labute approximate surface area is 139 Å². The summed E-state index contributed by atoms with van der Waals surface area (Å²) in [4.78, 5) is 2.33. The number of aliphatic hydroxyl groups excluding tert-OH is 1. The predicted molar refractivity (Wildman–Crippen MR) is 90.0 cm³/mol. The van der Waals surface area contributed by atoms with Crippen molar-refractivity contribution in [3.63, 3.8) is 0 Å². The van der Waals surface area contributed by atoms with E-state index in [1.54, 1.807) is 14.2 Å². The normalized spacial score (nSPS) is 20.3. The van der Waals surface area contributed by atoms with Gasteiger partial charge in [-0.25, -0.2) is 0 Å². The van der Waals surface area contributed by atoms with Crippen molar-refractivity contribution in [2.24, 2.45) is 5.92 Å². The van der Waals surface area contributed by atoms with Gasteiger partial charge in [0.15, 0.2) is 11.5 Å². The van der Waals surface area contributed by atoms with Crippen molar-refractivity contribution in [3.8, 4) is 11.5 Å². The lowest BCUT2D eigenvalue weighted by Crippen LogP contribution is -2.40. The second kappa shape index (κ2) is 9.11. The first-order valence-corrected chi connectivity index (χ1v) is 8.31. The number of aliphatic hydroxyl groups is 1. The number of β-amino-alcohol motifs (C(OH)–C–C–N with tert-alkyl or cyclic N) is 1. The first-order chi connectivity index (χ1) is 11.1. The summed E-state index contributed by atoms with van der Waals surface area (Å²) >= 11 is 0. The van der Waals surface area contributed by atoms with Crippen molar-refractivity contribution in [1.29, 1.82) is 0 Å². The molecule has 0 aliphatic carbocycles. The summed E-state index contributed by atoms with van der Waals surface area (Å²) in [7, 11) is 3.23. The van der Waals surface area contributed by atoms with Crippen LogP contribution >= 0.6 is 0 Å². The first kappa shape index (κ1) is 18.0. The second-order valence-corrected chi connectivity index (χ2v) is 6.37. The molecule has 1 heterocycles. The van der Waals surface area contributed by atoms with Crippen molar-refractivity contribution >= 4 is 0 Å². The van der Waals surface area contributed by atoms with E-state index in [1.165, 1.54) is 12.8 Å². The van der Waals surface area contributed by atoms with Crippen LogP contribution in [-0.2, 0) is 11.3 Å². The molecular weight excluding hydrogens is 294 g/mol. The molecule has 1 N–H and O–H groups in total. The Morgan fingerprint density at radius 2 is 2.04 bits per heavy atom. The average Bonchev–Trinajstić information content (AvgIpc) is 2.54. The zero-order valence-electron chi connectivity index (χ0n) is 14.5. The third-order valence-electron chi connectivity index (χ3n) is 4.24. The fourth-order valence-corrected chi connectivity index (χ4v) is 3.09. The van der Waals surface area contributed by atoms with E-state index in [9.17, 15) is 5.11 Å². The number of hydrogen-bond acceptors (Lipinski definition) is 5. The van der Waals surface area contributed by atoms with Crippen molar-refractivity contribution in [2.45, 2.75) is 32.5 Å². The number of piperidine rings is 1. The molecule has 0 spiro atoms. The van der Waals surface area contributed by atoms with E-state index >= 15 is 0 Å². The van der Waals surface area contributed by atoms with Crippen LogP contribution in [0.4, 0.5) is 0 Å². The minimum atomic E-state index is -0.444. The van der Waals surface area contributed by atoms with E-state index in [-0.39, 0.29) is 0 Å². The molecule has 0 amide bonds. The maximum Gasteiger partial charge on any atom is 0.161 e. The highest BCUT2D eigenvalue weighted by molar-refractivity contribution is 5.42. The maximum atomic E-state index is 10.1. The summed E-state index contributed by atoms with van der Waals surface area (Å²) in [6.07, 6.45) is 2.07. The SMILES string of the molecule is COc1ccc(COC[C@H](O)CN2CCC[C@@H](C)C2)cc1OC. The fourth-order valence-electron chi connectivity index (χ4n) is 3.09. The van der Waals surface area contributed by atoms with Gasteiger partial charge in [0.05, 0.1) is 33.5 Å². The topological polar surface area (TPSA) is 51.2 Å². The monoisotopic (exact) mass is 323 g/mol. The molecule has 1 aromatic carbocycles. The van der Waals surface area contributed by atoms with Gasteiger partial charge in [0.2, 0.25) is 0 Å². The van der Waals surface area contributed by atoms with Gasteiger partial charge in [0, 0.05) is 13.1 Å². The molecule has 1 aliphatic heterocycles. The Kier molecular flexibility index (Phi) is 7.15. The predicted octanol–water partition coefficient (Wildman–Crippen LogP) is 2.31. The first-order valence-electron chi connectivity index (χ1n) is 8.31. The highest BCUT2D eigenvalue weighted by atomic mass is 16.5. The molecule has 5 heteroatoms. The summed E-state index contributed by atoms with van der Waals surface area (Å²) in [6, 6.07) is 5.71. The third-order valence-corrected chi connectivity index (χ3v) is 4.24. The number of hydrogen-bond donors (Lipinski definition) is 1. The van der Waals surface area contributed by atoms with Crippen LogP contribution in [0.15, 0.2) is 18.2 Å². The van der Waals surface area contributed by atoms with Crippen LogP contribution in [0.5, 0.6) is 11.5 Å². The lowest BCUT2D eigenvalue weighted by atomic mass is 10.0. The van der Waals surface area contributed by atoms with Crippen LogP contribution in [0, 0.1) is 5.92 Å². The highest BCUT2D eigenvalue weighted by Crippen LogP contribution is 2.27. The number of methoxy groups -OCH3 is 2. The minimum absolute atomic E-state index is 0.346. The third kappa shape index (κ3) is 5.68. The number of likely N-dealkylation sites (tertiary alicyclic amines) is 1. The molecule has 2 rings (SSSR count). The molecule has 1 aromatic rings. The molecule has 0 bridgehead atoms. The molecule has 0 aromatic heterocycles. The molecule has 0 saturated carbocycles. The summed E-state index contributed by atoms with van der Waals surface area (Å²) in [5.41, 5.74) is 1.00. The second-order valence-electron chi connectivity index (χ2n) is 6.37. The Bertz CT molecular complexity index is 480. The maximum absolute atomic E-state index is 10.1. The molecule has 1 saturated heterocycles. The lowest BCUT2D eigenvalue weighted by Gasteiger charge is -2.32. The van der Waals surface area contributed by atoms with Gasteiger partial charge in [-0.2, -0.15) is 0 Å². The van der Waals surface area contributed by atoms with Gasteiger partial charge in [0.1, 0.15) is 0 Å². The molecule has 1 aliphatic rings. The molecule has 2 atom stereocenters. The number of nitrogens with zero attached hydrogens (tertiary/aromatic N) is 1. The van der Waals surface area contributed by atoms with Gasteiger partial charge in [-0.05, 0) is 43.0 Å². The van der Waals surface area contributed by atoms with Crippen LogP contribution in [-0.4, -0.2) is 56.6 Å². The van der Waals surface area contributed by atoms with Crippen molar-refractivity contribution in [1.82, 2.24) is 4.90 Å². The minimum Gasteiger partial charge on any atom is -0.493 e. The van der Waals surface area contributed by atoms with Gasteiger partial charge in [-0.3, -0.25) is 0 Å². The molecular formula is C18H29NO4. The Morgan fingerprint density at radius 3 is 2.74 bits per heavy atom. The Hall–Kier alpha value is -1.30. The molecule has 1 fully saturated rings. The average molecular weight is 323 g/mol.